The van der Waals surface area contributed by atoms with Crippen molar-refractivity contribution in [1.82, 2.24) is 0 Å². The molecule has 90 valence electrons. The number of nitrogens with zero attached hydrogens (tertiary/aromatic N) is 1. The van der Waals surface area contributed by atoms with Crippen molar-refractivity contribution in [3.05, 3.63) is 12.7 Å². The minimum absolute atomic E-state index is 0.869. The Bertz CT molecular complexity index is 165. The van der Waals surface area contributed by atoms with Gasteiger partial charge in [0, 0.05) is 0 Å². The van der Waals surface area contributed by atoms with E-state index < -0.39 is 0 Å². The predicted octanol–water partition coefficient (Wildman–Crippen LogP) is 3.86. The molecule has 0 rings (SSSR count). The highest BCUT2D eigenvalue weighted by molar-refractivity contribution is 4.66. The smallest absolute Gasteiger partial charge is 0.0969 e. The van der Waals surface area contributed by atoms with E-state index in [1.54, 1.807) is 0 Å². The lowest BCUT2D eigenvalue weighted by Gasteiger charge is -2.34. The summed E-state index contributed by atoms with van der Waals surface area (Å²) in [4.78, 5) is 0. The van der Waals surface area contributed by atoms with Crippen LogP contribution >= 0.6 is 0 Å². The lowest BCUT2D eigenvalue weighted by Crippen LogP contribution is -2.46. The summed E-state index contributed by atoms with van der Waals surface area (Å²) < 4.78 is 1.18. The zero-order chi connectivity index (χ0) is 11.7. The minimum Gasteiger partial charge on any atom is -0.323 e. The Morgan fingerprint density at radius 2 is 1.93 bits per heavy atom. The predicted molar refractivity (Wildman–Crippen MR) is 70.0 cm³/mol. The fraction of sp³-hybridized carbons (Fsp3) is 0.857. The van der Waals surface area contributed by atoms with Gasteiger partial charge in [0.1, 0.15) is 0 Å². The van der Waals surface area contributed by atoms with Crippen molar-refractivity contribution in [2.45, 2.75) is 46.5 Å². The van der Waals surface area contributed by atoms with Crippen LogP contribution in [-0.4, -0.2) is 31.2 Å². The summed E-state index contributed by atoms with van der Waals surface area (Å²) in [5.74, 6) is 0.869. The Labute approximate surface area is 96.8 Å². The highest BCUT2D eigenvalue weighted by Gasteiger charge is 2.19. The standard InChI is InChI=1S/C14H30N/c1-6-9-12-15(5,11-7-2)13-10-14(4)8-3/h7,14H,2,6,8-13H2,1,3-5H3/q+1. The van der Waals surface area contributed by atoms with Gasteiger partial charge in [0.2, 0.25) is 0 Å². The Kier molecular flexibility index (Phi) is 7.76. The lowest BCUT2D eigenvalue weighted by molar-refractivity contribution is -0.904. The van der Waals surface area contributed by atoms with Crippen LogP contribution in [-0.2, 0) is 0 Å². The molecule has 0 aromatic heterocycles. The van der Waals surface area contributed by atoms with Gasteiger partial charge >= 0.3 is 0 Å². The Morgan fingerprint density at radius 3 is 2.40 bits per heavy atom. The number of rotatable bonds is 9. The molecule has 2 atom stereocenters. The largest absolute Gasteiger partial charge is 0.323 e. The molecule has 0 amide bonds. The molecule has 15 heavy (non-hydrogen) atoms. The summed E-state index contributed by atoms with van der Waals surface area (Å²) in [5.41, 5.74) is 0. The van der Waals surface area contributed by atoms with E-state index in [1.165, 1.54) is 43.3 Å². The van der Waals surface area contributed by atoms with Gasteiger partial charge in [0.05, 0.1) is 26.7 Å². The molecule has 0 radical (unpaired) electrons. The van der Waals surface area contributed by atoms with E-state index in [9.17, 15) is 0 Å². The minimum atomic E-state index is 0.869. The maximum atomic E-state index is 3.89. The van der Waals surface area contributed by atoms with Crippen LogP contribution in [0.25, 0.3) is 0 Å². The van der Waals surface area contributed by atoms with Gasteiger partial charge in [-0.2, -0.15) is 0 Å². The quantitative estimate of drug-likeness (QED) is 0.402. The summed E-state index contributed by atoms with van der Waals surface area (Å²) in [5, 5.41) is 0. The van der Waals surface area contributed by atoms with Crippen LogP contribution in [0.4, 0.5) is 0 Å². The first-order valence-electron chi connectivity index (χ1n) is 6.52. The molecule has 0 aliphatic heterocycles. The fourth-order valence-corrected chi connectivity index (χ4v) is 1.88. The molecule has 0 saturated carbocycles. The first-order chi connectivity index (χ1) is 7.08. The van der Waals surface area contributed by atoms with Crippen molar-refractivity contribution in [2.24, 2.45) is 5.92 Å². The van der Waals surface area contributed by atoms with Crippen LogP contribution in [0.5, 0.6) is 0 Å². The Hall–Kier alpha value is -0.300. The molecule has 0 spiro atoms. The van der Waals surface area contributed by atoms with Gasteiger partial charge in [-0.1, -0.05) is 40.2 Å². The molecule has 0 aromatic carbocycles. The van der Waals surface area contributed by atoms with Gasteiger partial charge < -0.3 is 4.48 Å². The molecule has 2 unspecified atom stereocenters. The zero-order valence-corrected chi connectivity index (χ0v) is 11.3. The molecule has 0 heterocycles. The molecule has 0 fully saturated rings. The molecule has 0 aliphatic rings. The SMILES string of the molecule is C=CC[N+](C)(CCCC)CCC(C)CC. The third-order valence-electron chi connectivity index (χ3n) is 3.48. The molecule has 0 saturated heterocycles. The molecule has 0 N–H and O–H groups in total. The second-order valence-electron chi connectivity index (χ2n) is 5.19. The van der Waals surface area contributed by atoms with Gasteiger partial charge in [0.25, 0.3) is 0 Å². The summed E-state index contributed by atoms with van der Waals surface area (Å²) in [6.45, 7) is 14.5. The normalized spacial score (nSPS) is 17.1. The average Bonchev–Trinajstić information content (AvgIpc) is 2.24. The van der Waals surface area contributed by atoms with Crippen molar-refractivity contribution in [3.63, 3.8) is 0 Å². The second kappa shape index (κ2) is 7.92. The summed E-state index contributed by atoms with van der Waals surface area (Å²) >= 11 is 0. The lowest BCUT2D eigenvalue weighted by atomic mass is 10.0. The Morgan fingerprint density at radius 1 is 1.27 bits per heavy atom. The van der Waals surface area contributed by atoms with Gasteiger partial charge in [-0.3, -0.25) is 0 Å². The van der Waals surface area contributed by atoms with E-state index >= 15 is 0 Å². The monoisotopic (exact) mass is 212 g/mol. The van der Waals surface area contributed by atoms with Crippen molar-refractivity contribution in [3.8, 4) is 0 Å². The second-order valence-corrected chi connectivity index (χ2v) is 5.19. The van der Waals surface area contributed by atoms with Crippen molar-refractivity contribution in [2.75, 3.05) is 26.7 Å². The maximum absolute atomic E-state index is 3.89. The highest BCUT2D eigenvalue weighted by Crippen LogP contribution is 2.13. The Balaban J connectivity index is 4.05. The van der Waals surface area contributed by atoms with Crippen LogP contribution in [0.15, 0.2) is 12.7 Å². The molecule has 0 aliphatic carbocycles. The fourth-order valence-electron chi connectivity index (χ4n) is 1.88. The zero-order valence-electron chi connectivity index (χ0n) is 11.3. The van der Waals surface area contributed by atoms with Gasteiger partial charge in [-0.25, -0.2) is 0 Å². The van der Waals surface area contributed by atoms with Crippen LogP contribution in [0.2, 0.25) is 0 Å². The number of hydrogen-bond donors (Lipinski definition) is 0. The van der Waals surface area contributed by atoms with Crippen LogP contribution in [0.1, 0.15) is 46.5 Å². The van der Waals surface area contributed by atoms with Gasteiger partial charge in [-0.15, -0.1) is 0 Å². The summed E-state index contributed by atoms with van der Waals surface area (Å²) in [6.07, 6.45) is 7.37. The van der Waals surface area contributed by atoms with E-state index in [2.05, 4.69) is 40.5 Å². The molecular formula is C14H30N+. The first-order valence-corrected chi connectivity index (χ1v) is 6.52. The first kappa shape index (κ1) is 14.7. The van der Waals surface area contributed by atoms with E-state index in [4.69, 9.17) is 0 Å². The van der Waals surface area contributed by atoms with Crippen molar-refractivity contribution < 1.29 is 4.48 Å². The number of quaternary nitrogens is 1. The summed E-state index contributed by atoms with van der Waals surface area (Å²) in [7, 11) is 2.37. The average molecular weight is 212 g/mol. The molecule has 0 aromatic rings. The van der Waals surface area contributed by atoms with Gasteiger partial charge in [-0.05, 0) is 24.8 Å². The molecular weight excluding hydrogens is 182 g/mol. The number of likely N-dealkylation sites (N-methyl/N-ethyl adjacent to an activating group) is 1. The van der Waals surface area contributed by atoms with E-state index in [0.717, 1.165) is 12.5 Å². The third kappa shape index (κ3) is 6.72. The summed E-state index contributed by atoms with van der Waals surface area (Å²) in [6, 6.07) is 0. The van der Waals surface area contributed by atoms with Crippen LogP contribution in [0.3, 0.4) is 0 Å². The molecule has 1 nitrogen and oxygen atoms in total. The molecule has 0 bridgehead atoms. The van der Waals surface area contributed by atoms with Gasteiger partial charge in [0.15, 0.2) is 0 Å². The van der Waals surface area contributed by atoms with Crippen LogP contribution in [0, 0.1) is 5.92 Å². The maximum Gasteiger partial charge on any atom is 0.0969 e. The van der Waals surface area contributed by atoms with E-state index in [-0.39, 0.29) is 0 Å². The third-order valence-corrected chi connectivity index (χ3v) is 3.48. The van der Waals surface area contributed by atoms with Crippen molar-refractivity contribution in [1.29, 1.82) is 0 Å². The van der Waals surface area contributed by atoms with E-state index in [1.807, 2.05) is 0 Å². The van der Waals surface area contributed by atoms with Crippen LogP contribution < -0.4 is 0 Å². The topological polar surface area (TPSA) is 0 Å². The van der Waals surface area contributed by atoms with Crippen molar-refractivity contribution >= 4 is 0 Å². The molecule has 1 heteroatoms. The highest BCUT2D eigenvalue weighted by atomic mass is 15.3. The number of unbranched alkanes of at least 4 members (excludes halogenated alkanes) is 1. The van der Waals surface area contributed by atoms with E-state index in [0.29, 0.717) is 0 Å². The number of hydrogen-bond acceptors (Lipinski definition) is 0.